The molecule has 0 unspecified atom stereocenters. The average molecular weight is 339 g/mol. The van der Waals surface area contributed by atoms with E-state index in [9.17, 15) is 0 Å². The van der Waals surface area contributed by atoms with Crippen LogP contribution in [0.5, 0.6) is 0 Å². The largest absolute Gasteiger partial charge is 0.460 e. The molecule has 6 heteroatoms. The quantitative estimate of drug-likeness (QED) is 0.599. The van der Waals surface area contributed by atoms with E-state index in [0.29, 0.717) is 18.1 Å². The molecule has 1 aromatic carbocycles. The minimum absolute atomic E-state index is 0.613. The first-order chi connectivity index (χ1) is 11.8. The lowest BCUT2D eigenvalue weighted by atomic mass is 10.2. The summed E-state index contributed by atoms with van der Waals surface area (Å²) in [5, 5.41) is 12.4. The smallest absolute Gasteiger partial charge is 0.160 e. The van der Waals surface area contributed by atoms with Crippen LogP contribution < -0.4 is 5.32 Å². The minimum atomic E-state index is 0.613. The highest BCUT2D eigenvalue weighted by Gasteiger charge is 2.07. The Hall–Kier alpha value is -2.63. The molecule has 0 spiro atoms. The van der Waals surface area contributed by atoms with E-state index in [1.165, 1.54) is 0 Å². The molecule has 0 amide bonds. The van der Waals surface area contributed by atoms with Gasteiger partial charge in [0.1, 0.15) is 11.5 Å². The summed E-state index contributed by atoms with van der Waals surface area (Å²) >= 11 is 5.91. The fraction of sp³-hybridized carbons (Fsp3) is 0.111. The molecule has 0 atom stereocenters. The van der Waals surface area contributed by atoms with Gasteiger partial charge in [-0.25, -0.2) is 0 Å². The van der Waals surface area contributed by atoms with Gasteiger partial charge in [0.25, 0.3) is 0 Å². The molecule has 0 aliphatic heterocycles. The number of benzene rings is 1. The Morgan fingerprint density at radius 2 is 1.83 bits per heavy atom. The maximum absolute atomic E-state index is 5.91. The summed E-state index contributed by atoms with van der Waals surface area (Å²) in [5.41, 5.74) is 1.85. The minimum Gasteiger partial charge on any atom is -0.460 e. The highest BCUT2D eigenvalue weighted by molar-refractivity contribution is 6.30. The number of nitrogens with zero attached hydrogens (tertiary/aromatic N) is 3. The second-order valence-electron chi connectivity index (χ2n) is 5.42. The summed E-state index contributed by atoms with van der Waals surface area (Å²) in [4.78, 5) is 0. The van der Waals surface area contributed by atoms with Gasteiger partial charge in [0.05, 0.1) is 13.1 Å². The van der Waals surface area contributed by atoms with Crippen molar-refractivity contribution in [2.24, 2.45) is 0 Å². The van der Waals surface area contributed by atoms with Gasteiger partial charge in [-0.15, -0.1) is 10.2 Å². The third-order valence-corrected chi connectivity index (χ3v) is 4.01. The summed E-state index contributed by atoms with van der Waals surface area (Å²) in [7, 11) is 0. The molecule has 0 aliphatic rings. The number of aromatic nitrogens is 3. The van der Waals surface area contributed by atoms with Gasteiger partial charge in [-0.05, 0) is 48.5 Å². The van der Waals surface area contributed by atoms with Gasteiger partial charge in [-0.3, -0.25) is 4.40 Å². The molecule has 4 rings (SSSR count). The molecule has 0 radical (unpaired) electrons. The third-order valence-electron chi connectivity index (χ3n) is 3.76. The molecule has 5 nitrogen and oxygen atoms in total. The van der Waals surface area contributed by atoms with E-state index in [4.69, 9.17) is 16.0 Å². The fourth-order valence-corrected chi connectivity index (χ4v) is 2.68. The first kappa shape index (κ1) is 14.9. The van der Waals surface area contributed by atoms with Gasteiger partial charge >= 0.3 is 0 Å². The van der Waals surface area contributed by atoms with Crippen molar-refractivity contribution in [3.05, 3.63) is 77.4 Å². The normalized spacial score (nSPS) is 11.2. The third kappa shape index (κ3) is 3.04. The number of pyridine rings is 1. The Balaban J connectivity index is 1.41. The van der Waals surface area contributed by atoms with Crippen molar-refractivity contribution in [2.45, 2.75) is 13.1 Å². The SMILES string of the molecule is Clc1ccc(-c2ccc(CNCc3nnc4ccccn34)o2)cc1. The van der Waals surface area contributed by atoms with Crippen LogP contribution >= 0.6 is 11.6 Å². The Kier molecular flexibility index (Phi) is 4.02. The predicted octanol–water partition coefficient (Wildman–Crippen LogP) is 3.93. The summed E-state index contributed by atoms with van der Waals surface area (Å²) < 4.78 is 7.83. The van der Waals surface area contributed by atoms with Crippen LogP contribution in [-0.2, 0) is 13.1 Å². The van der Waals surface area contributed by atoms with Crippen molar-refractivity contribution in [3.8, 4) is 11.3 Å². The van der Waals surface area contributed by atoms with Gasteiger partial charge in [0.2, 0.25) is 0 Å². The van der Waals surface area contributed by atoms with E-state index in [-0.39, 0.29) is 0 Å². The van der Waals surface area contributed by atoms with Crippen molar-refractivity contribution in [1.29, 1.82) is 0 Å². The van der Waals surface area contributed by atoms with Crippen LogP contribution in [0.1, 0.15) is 11.6 Å². The van der Waals surface area contributed by atoms with Crippen LogP contribution in [0.2, 0.25) is 5.02 Å². The molecular weight excluding hydrogens is 324 g/mol. The standard InChI is InChI=1S/C18H15ClN4O/c19-14-6-4-13(5-7-14)16-9-8-15(24-16)11-20-12-18-22-21-17-3-1-2-10-23(17)18/h1-10,20H,11-12H2. The maximum atomic E-state index is 5.91. The number of furan rings is 1. The van der Waals surface area contributed by atoms with Crippen LogP contribution in [0, 0.1) is 0 Å². The lowest BCUT2D eigenvalue weighted by Gasteiger charge is -2.02. The van der Waals surface area contributed by atoms with Crippen molar-refractivity contribution < 1.29 is 4.42 Å². The summed E-state index contributed by atoms with van der Waals surface area (Å²) in [5.74, 6) is 2.57. The number of halogens is 1. The van der Waals surface area contributed by atoms with Crippen LogP contribution in [-0.4, -0.2) is 14.6 Å². The summed E-state index contributed by atoms with van der Waals surface area (Å²) in [6.45, 7) is 1.23. The first-order valence-electron chi connectivity index (χ1n) is 7.63. The van der Waals surface area contributed by atoms with E-state index in [1.807, 2.05) is 65.2 Å². The summed E-state index contributed by atoms with van der Waals surface area (Å²) in [6.07, 6.45) is 1.96. The Morgan fingerprint density at radius 1 is 0.958 bits per heavy atom. The van der Waals surface area contributed by atoms with Crippen molar-refractivity contribution in [1.82, 2.24) is 19.9 Å². The first-order valence-corrected chi connectivity index (χ1v) is 8.01. The van der Waals surface area contributed by atoms with Crippen LogP contribution in [0.15, 0.2) is 65.2 Å². The lowest BCUT2D eigenvalue weighted by Crippen LogP contribution is -2.14. The highest BCUT2D eigenvalue weighted by Crippen LogP contribution is 2.23. The Morgan fingerprint density at radius 3 is 2.71 bits per heavy atom. The Bertz CT molecular complexity index is 958. The maximum Gasteiger partial charge on any atom is 0.160 e. The zero-order chi connectivity index (χ0) is 16.4. The van der Waals surface area contributed by atoms with Crippen molar-refractivity contribution in [2.75, 3.05) is 0 Å². The van der Waals surface area contributed by atoms with Crippen molar-refractivity contribution in [3.63, 3.8) is 0 Å². The van der Waals surface area contributed by atoms with E-state index < -0.39 is 0 Å². The number of hydrogen-bond donors (Lipinski definition) is 1. The molecular formula is C18H15ClN4O. The Labute approximate surface area is 143 Å². The van der Waals surface area contributed by atoms with Crippen molar-refractivity contribution >= 4 is 17.2 Å². The van der Waals surface area contributed by atoms with Crippen LogP contribution in [0.4, 0.5) is 0 Å². The van der Waals surface area contributed by atoms with E-state index >= 15 is 0 Å². The van der Waals surface area contributed by atoms with Crippen LogP contribution in [0.25, 0.3) is 17.0 Å². The lowest BCUT2D eigenvalue weighted by molar-refractivity contribution is 0.490. The van der Waals surface area contributed by atoms with E-state index in [0.717, 1.165) is 28.6 Å². The molecule has 1 N–H and O–H groups in total. The fourth-order valence-electron chi connectivity index (χ4n) is 2.55. The molecule has 0 saturated carbocycles. The topological polar surface area (TPSA) is 55.4 Å². The second-order valence-corrected chi connectivity index (χ2v) is 5.86. The molecule has 120 valence electrons. The molecule has 0 fully saturated rings. The molecule has 0 bridgehead atoms. The predicted molar refractivity (Wildman–Crippen MR) is 92.7 cm³/mol. The number of fused-ring (bicyclic) bond motifs is 1. The average Bonchev–Trinajstić information content (AvgIpc) is 3.23. The molecule has 3 heterocycles. The molecule has 3 aromatic heterocycles. The van der Waals surface area contributed by atoms with Gasteiger partial charge in [-0.1, -0.05) is 17.7 Å². The monoisotopic (exact) mass is 338 g/mol. The molecule has 24 heavy (non-hydrogen) atoms. The zero-order valence-corrected chi connectivity index (χ0v) is 13.6. The zero-order valence-electron chi connectivity index (χ0n) is 12.8. The molecule has 0 saturated heterocycles. The van der Waals surface area contributed by atoms with Gasteiger partial charge in [0, 0.05) is 16.8 Å². The number of nitrogens with one attached hydrogen (secondary N) is 1. The van der Waals surface area contributed by atoms with E-state index in [2.05, 4.69) is 15.5 Å². The van der Waals surface area contributed by atoms with E-state index in [1.54, 1.807) is 0 Å². The molecule has 0 aliphatic carbocycles. The van der Waals surface area contributed by atoms with Crippen LogP contribution in [0.3, 0.4) is 0 Å². The van der Waals surface area contributed by atoms with Gasteiger partial charge < -0.3 is 9.73 Å². The molecule has 4 aromatic rings. The number of hydrogen-bond acceptors (Lipinski definition) is 4. The van der Waals surface area contributed by atoms with Gasteiger partial charge in [-0.2, -0.15) is 0 Å². The highest BCUT2D eigenvalue weighted by atomic mass is 35.5. The number of rotatable bonds is 5. The summed E-state index contributed by atoms with van der Waals surface area (Å²) in [6, 6.07) is 17.4. The van der Waals surface area contributed by atoms with Gasteiger partial charge in [0.15, 0.2) is 11.5 Å². The second kappa shape index (κ2) is 6.47.